The third-order valence-electron chi connectivity index (χ3n) is 3.21. The second-order valence-electron chi connectivity index (χ2n) is 4.58. The van der Waals surface area contributed by atoms with Gasteiger partial charge in [-0.15, -0.1) is 11.3 Å². The molecule has 18 heavy (non-hydrogen) atoms. The summed E-state index contributed by atoms with van der Waals surface area (Å²) in [7, 11) is 0. The van der Waals surface area contributed by atoms with Crippen molar-refractivity contribution in [3.05, 3.63) is 50.6 Å². The van der Waals surface area contributed by atoms with Gasteiger partial charge in [0.05, 0.1) is 21.8 Å². The molecule has 1 atom stereocenters. The van der Waals surface area contributed by atoms with E-state index in [0.29, 0.717) is 16.1 Å². The van der Waals surface area contributed by atoms with Crippen molar-refractivity contribution >= 4 is 40.2 Å². The highest BCUT2D eigenvalue weighted by molar-refractivity contribution is 7.10. The number of rotatable bonds is 4. The van der Waals surface area contributed by atoms with Gasteiger partial charge >= 0.3 is 0 Å². The van der Waals surface area contributed by atoms with Crippen molar-refractivity contribution in [2.45, 2.75) is 18.9 Å². The lowest BCUT2D eigenvalue weighted by Crippen LogP contribution is -2.11. The maximum atomic E-state index is 6.23. The molecule has 1 aromatic carbocycles. The minimum absolute atomic E-state index is 0.362. The van der Waals surface area contributed by atoms with Crippen LogP contribution in [0.4, 0.5) is 5.69 Å². The largest absolute Gasteiger partial charge is 0.376 e. The smallest absolute Gasteiger partial charge is 0.0823 e. The van der Waals surface area contributed by atoms with E-state index in [1.807, 2.05) is 18.2 Å². The maximum Gasteiger partial charge on any atom is 0.0823 e. The number of nitrogens with one attached hydrogen (secondary N) is 1. The summed E-state index contributed by atoms with van der Waals surface area (Å²) < 4.78 is 0. The summed E-state index contributed by atoms with van der Waals surface area (Å²) in [5, 5.41) is 6.88. The number of hydrogen-bond donors (Lipinski definition) is 1. The number of anilines is 1. The molecule has 0 spiro atoms. The highest BCUT2D eigenvalue weighted by Gasteiger charge is 2.33. The monoisotopic (exact) mass is 297 g/mol. The predicted molar refractivity (Wildman–Crippen MR) is 79.9 cm³/mol. The average Bonchev–Trinajstić information content (AvgIpc) is 3.06. The van der Waals surface area contributed by atoms with Crippen molar-refractivity contribution < 1.29 is 0 Å². The summed E-state index contributed by atoms with van der Waals surface area (Å²) in [5.41, 5.74) is 0.925. The van der Waals surface area contributed by atoms with Crippen LogP contribution in [-0.2, 0) is 0 Å². The summed E-state index contributed by atoms with van der Waals surface area (Å²) in [6.45, 7) is 0. The van der Waals surface area contributed by atoms with E-state index in [4.69, 9.17) is 23.2 Å². The Labute approximate surface area is 121 Å². The van der Waals surface area contributed by atoms with Crippen LogP contribution in [-0.4, -0.2) is 0 Å². The molecule has 1 aliphatic carbocycles. The highest BCUT2D eigenvalue weighted by atomic mass is 35.5. The van der Waals surface area contributed by atoms with Gasteiger partial charge in [-0.1, -0.05) is 35.3 Å². The third kappa shape index (κ3) is 2.51. The zero-order valence-electron chi connectivity index (χ0n) is 9.70. The Morgan fingerprint density at radius 3 is 2.67 bits per heavy atom. The van der Waals surface area contributed by atoms with E-state index in [9.17, 15) is 0 Å². The average molecular weight is 298 g/mol. The molecule has 0 bridgehead atoms. The van der Waals surface area contributed by atoms with Gasteiger partial charge < -0.3 is 5.32 Å². The molecular weight excluding hydrogens is 285 g/mol. The number of halogens is 2. The van der Waals surface area contributed by atoms with Crippen molar-refractivity contribution in [3.63, 3.8) is 0 Å². The van der Waals surface area contributed by atoms with Crippen LogP contribution in [0.25, 0.3) is 0 Å². The Kier molecular flexibility index (Phi) is 3.51. The molecule has 4 heteroatoms. The summed E-state index contributed by atoms with van der Waals surface area (Å²) in [6.07, 6.45) is 2.57. The Hall–Kier alpha value is -0.700. The van der Waals surface area contributed by atoms with E-state index in [0.717, 1.165) is 11.6 Å². The van der Waals surface area contributed by atoms with Gasteiger partial charge in [0.25, 0.3) is 0 Å². The fraction of sp³-hybridized carbons (Fsp3) is 0.286. The Morgan fingerprint density at radius 1 is 1.17 bits per heavy atom. The summed E-state index contributed by atoms with van der Waals surface area (Å²) in [5.74, 6) is 0.721. The Morgan fingerprint density at radius 2 is 2.00 bits per heavy atom. The van der Waals surface area contributed by atoms with Gasteiger partial charge in [0, 0.05) is 4.88 Å². The summed E-state index contributed by atoms with van der Waals surface area (Å²) in [6, 6.07) is 10.4. The first-order valence-electron chi connectivity index (χ1n) is 5.99. The first kappa shape index (κ1) is 12.3. The van der Waals surface area contributed by atoms with Gasteiger partial charge in [0.2, 0.25) is 0 Å². The molecule has 1 fully saturated rings. The number of hydrogen-bond acceptors (Lipinski definition) is 2. The van der Waals surface area contributed by atoms with Gasteiger partial charge in [-0.05, 0) is 42.3 Å². The van der Waals surface area contributed by atoms with E-state index < -0.39 is 0 Å². The quantitative estimate of drug-likeness (QED) is 0.772. The number of thiophene rings is 1. The molecular formula is C14H13Cl2NS. The van der Waals surface area contributed by atoms with Gasteiger partial charge in [-0.25, -0.2) is 0 Å². The van der Waals surface area contributed by atoms with E-state index in [-0.39, 0.29) is 0 Å². The fourth-order valence-corrected chi connectivity index (χ4v) is 3.33. The lowest BCUT2D eigenvalue weighted by atomic mass is 10.1. The highest BCUT2D eigenvalue weighted by Crippen LogP contribution is 2.45. The standard InChI is InChI=1S/C14H13Cl2NS/c15-10-3-1-4-11(13(10)16)17-14(9-6-7-9)12-5-2-8-18-12/h1-5,8-9,14,17H,6-7H2. The van der Waals surface area contributed by atoms with Crippen molar-refractivity contribution in [2.75, 3.05) is 5.32 Å². The lowest BCUT2D eigenvalue weighted by molar-refractivity contribution is 0.691. The Bertz CT molecular complexity index is 535. The van der Waals surface area contributed by atoms with E-state index in [1.54, 1.807) is 11.3 Å². The molecule has 0 saturated heterocycles. The van der Waals surface area contributed by atoms with Crippen molar-refractivity contribution in [1.82, 2.24) is 0 Å². The third-order valence-corrected chi connectivity index (χ3v) is 4.98. The molecule has 1 nitrogen and oxygen atoms in total. The zero-order valence-corrected chi connectivity index (χ0v) is 12.0. The minimum atomic E-state index is 0.362. The molecule has 1 aromatic heterocycles. The zero-order chi connectivity index (χ0) is 12.5. The van der Waals surface area contributed by atoms with E-state index >= 15 is 0 Å². The van der Waals surface area contributed by atoms with Gasteiger partial charge in [0.15, 0.2) is 0 Å². The molecule has 0 aliphatic heterocycles. The molecule has 0 radical (unpaired) electrons. The number of benzene rings is 1. The first-order chi connectivity index (χ1) is 8.75. The topological polar surface area (TPSA) is 12.0 Å². The maximum absolute atomic E-state index is 6.23. The predicted octanol–water partition coefficient (Wildman–Crippen LogP) is 5.62. The SMILES string of the molecule is Clc1cccc(NC(c2cccs2)C2CC2)c1Cl. The molecule has 0 amide bonds. The van der Waals surface area contributed by atoms with Crippen LogP contribution in [0.3, 0.4) is 0 Å². The van der Waals surface area contributed by atoms with Crippen molar-refractivity contribution in [3.8, 4) is 0 Å². The van der Waals surface area contributed by atoms with Gasteiger partial charge in [0.1, 0.15) is 0 Å². The second kappa shape index (κ2) is 5.12. The minimum Gasteiger partial charge on any atom is -0.376 e. The summed E-state index contributed by atoms with van der Waals surface area (Å²) in [4.78, 5) is 1.37. The lowest BCUT2D eigenvalue weighted by Gasteiger charge is -2.19. The molecule has 1 N–H and O–H groups in total. The van der Waals surface area contributed by atoms with Crippen LogP contribution in [0.15, 0.2) is 35.7 Å². The normalized spacial score (nSPS) is 16.6. The molecule has 1 aliphatic rings. The van der Waals surface area contributed by atoms with Crippen LogP contribution in [0.5, 0.6) is 0 Å². The van der Waals surface area contributed by atoms with Crippen LogP contribution in [0.1, 0.15) is 23.8 Å². The first-order valence-corrected chi connectivity index (χ1v) is 7.63. The van der Waals surface area contributed by atoms with E-state index in [1.165, 1.54) is 17.7 Å². The van der Waals surface area contributed by atoms with Gasteiger partial charge in [-0.2, -0.15) is 0 Å². The van der Waals surface area contributed by atoms with Crippen LogP contribution < -0.4 is 5.32 Å². The Balaban J connectivity index is 1.87. The summed E-state index contributed by atoms with van der Waals surface area (Å²) >= 11 is 14.1. The van der Waals surface area contributed by atoms with Crippen LogP contribution >= 0.6 is 34.5 Å². The van der Waals surface area contributed by atoms with Crippen LogP contribution in [0.2, 0.25) is 10.0 Å². The fourth-order valence-electron chi connectivity index (χ4n) is 2.10. The molecule has 94 valence electrons. The molecule has 1 heterocycles. The second-order valence-corrected chi connectivity index (χ2v) is 6.34. The molecule has 3 rings (SSSR count). The van der Waals surface area contributed by atoms with Crippen molar-refractivity contribution in [2.24, 2.45) is 5.92 Å². The van der Waals surface area contributed by atoms with E-state index in [2.05, 4.69) is 22.8 Å². The molecule has 1 saturated carbocycles. The van der Waals surface area contributed by atoms with Crippen LogP contribution in [0, 0.1) is 5.92 Å². The molecule has 1 unspecified atom stereocenters. The van der Waals surface area contributed by atoms with Crippen molar-refractivity contribution in [1.29, 1.82) is 0 Å². The van der Waals surface area contributed by atoms with Gasteiger partial charge in [-0.3, -0.25) is 0 Å². The molecule has 2 aromatic rings.